The van der Waals surface area contributed by atoms with E-state index < -0.39 is 0 Å². The van der Waals surface area contributed by atoms with Crippen molar-refractivity contribution in [1.29, 1.82) is 0 Å². The average Bonchev–Trinajstić information content (AvgIpc) is 3.00. The molecule has 1 aliphatic rings. The minimum Gasteiger partial charge on any atom is -0.368 e. The van der Waals surface area contributed by atoms with E-state index in [9.17, 15) is 0 Å². The molecule has 2 aromatic rings. The second-order valence-corrected chi connectivity index (χ2v) is 4.88. The minimum atomic E-state index is -0.0216. The van der Waals surface area contributed by atoms with E-state index in [1.165, 1.54) is 0 Å². The summed E-state index contributed by atoms with van der Waals surface area (Å²) in [4.78, 5) is 4.37. The third-order valence-electron chi connectivity index (χ3n) is 2.75. The van der Waals surface area contributed by atoms with Crippen molar-refractivity contribution in [2.75, 3.05) is 6.61 Å². The van der Waals surface area contributed by atoms with Crippen LogP contribution >= 0.6 is 15.9 Å². The topological polar surface area (TPSA) is 48.2 Å². The zero-order valence-electron chi connectivity index (χ0n) is 9.10. The number of benzene rings is 1. The van der Waals surface area contributed by atoms with Gasteiger partial charge in [0.2, 0.25) is 5.82 Å². The monoisotopic (exact) mass is 294 g/mol. The standard InChI is InChI=1S/C12H11BrN2O2/c13-9-5-3-8(4-6-9)11-14-12(17-15-11)10-2-1-7-16-10/h3-6,10H,1-2,7H2/t10-/m0/s1. The zero-order chi connectivity index (χ0) is 11.7. The van der Waals surface area contributed by atoms with Gasteiger partial charge in [0, 0.05) is 16.6 Å². The fraction of sp³-hybridized carbons (Fsp3) is 0.333. The summed E-state index contributed by atoms with van der Waals surface area (Å²) in [6.45, 7) is 0.778. The number of hydrogen-bond acceptors (Lipinski definition) is 4. The van der Waals surface area contributed by atoms with E-state index in [0.29, 0.717) is 11.7 Å². The van der Waals surface area contributed by atoms with E-state index in [1.807, 2.05) is 24.3 Å². The summed E-state index contributed by atoms with van der Waals surface area (Å²) in [7, 11) is 0. The van der Waals surface area contributed by atoms with Gasteiger partial charge in [0.1, 0.15) is 6.10 Å². The minimum absolute atomic E-state index is 0.0216. The van der Waals surface area contributed by atoms with Crippen LogP contribution in [0.2, 0.25) is 0 Å². The maximum absolute atomic E-state index is 5.50. The molecule has 0 aliphatic carbocycles. The summed E-state index contributed by atoms with van der Waals surface area (Å²) in [6, 6.07) is 7.82. The molecule has 1 saturated heterocycles. The quantitative estimate of drug-likeness (QED) is 0.852. The lowest BCUT2D eigenvalue weighted by Gasteiger charge is -2.00. The van der Waals surface area contributed by atoms with Crippen molar-refractivity contribution >= 4 is 15.9 Å². The van der Waals surface area contributed by atoms with Crippen LogP contribution in [0.3, 0.4) is 0 Å². The Hall–Kier alpha value is -1.20. The van der Waals surface area contributed by atoms with Gasteiger partial charge in [-0.15, -0.1) is 0 Å². The van der Waals surface area contributed by atoms with E-state index in [4.69, 9.17) is 9.26 Å². The second-order valence-electron chi connectivity index (χ2n) is 3.96. The number of nitrogens with zero attached hydrogens (tertiary/aromatic N) is 2. The van der Waals surface area contributed by atoms with Crippen molar-refractivity contribution in [3.05, 3.63) is 34.6 Å². The molecule has 1 atom stereocenters. The van der Waals surface area contributed by atoms with Crippen LogP contribution in [-0.2, 0) is 4.74 Å². The molecule has 1 aromatic carbocycles. The second kappa shape index (κ2) is 4.58. The molecule has 1 fully saturated rings. The Morgan fingerprint density at radius 1 is 1.24 bits per heavy atom. The van der Waals surface area contributed by atoms with Gasteiger partial charge < -0.3 is 9.26 Å². The summed E-state index contributed by atoms with van der Waals surface area (Å²) < 4.78 is 11.8. The first-order valence-electron chi connectivity index (χ1n) is 5.54. The molecule has 88 valence electrons. The fourth-order valence-electron chi connectivity index (χ4n) is 1.85. The fourth-order valence-corrected chi connectivity index (χ4v) is 2.12. The van der Waals surface area contributed by atoms with Crippen molar-refractivity contribution in [3.8, 4) is 11.4 Å². The zero-order valence-corrected chi connectivity index (χ0v) is 10.7. The molecule has 0 amide bonds. The van der Waals surface area contributed by atoms with Crippen molar-refractivity contribution < 1.29 is 9.26 Å². The van der Waals surface area contributed by atoms with Gasteiger partial charge in [-0.2, -0.15) is 4.98 Å². The highest BCUT2D eigenvalue weighted by Crippen LogP contribution is 2.28. The number of rotatable bonds is 2. The van der Waals surface area contributed by atoms with Crippen LogP contribution in [0.5, 0.6) is 0 Å². The van der Waals surface area contributed by atoms with E-state index in [-0.39, 0.29) is 6.10 Å². The third kappa shape index (κ3) is 2.25. The number of hydrogen-bond donors (Lipinski definition) is 0. The van der Waals surface area contributed by atoms with Crippen molar-refractivity contribution in [2.24, 2.45) is 0 Å². The largest absolute Gasteiger partial charge is 0.368 e. The normalized spacial score (nSPS) is 19.7. The summed E-state index contributed by atoms with van der Waals surface area (Å²) in [5.74, 6) is 1.20. The summed E-state index contributed by atoms with van der Waals surface area (Å²) in [5, 5.41) is 3.98. The van der Waals surface area contributed by atoms with E-state index in [2.05, 4.69) is 26.1 Å². The molecule has 3 rings (SSSR count). The molecule has 0 spiro atoms. The highest BCUT2D eigenvalue weighted by atomic mass is 79.9. The van der Waals surface area contributed by atoms with Crippen molar-refractivity contribution in [2.45, 2.75) is 18.9 Å². The van der Waals surface area contributed by atoms with Gasteiger partial charge in [0.15, 0.2) is 0 Å². The van der Waals surface area contributed by atoms with E-state index >= 15 is 0 Å². The SMILES string of the molecule is Brc1ccc(-c2noc([C@@H]3CCCO3)n2)cc1. The predicted octanol–water partition coefficient (Wildman–Crippen LogP) is 3.35. The Morgan fingerprint density at radius 2 is 2.06 bits per heavy atom. The highest BCUT2D eigenvalue weighted by Gasteiger charge is 2.24. The Morgan fingerprint density at radius 3 is 2.76 bits per heavy atom. The molecule has 0 radical (unpaired) electrons. The Labute approximate surface area is 107 Å². The highest BCUT2D eigenvalue weighted by molar-refractivity contribution is 9.10. The molecular weight excluding hydrogens is 284 g/mol. The van der Waals surface area contributed by atoms with Crippen LogP contribution in [0.4, 0.5) is 0 Å². The molecule has 0 saturated carbocycles. The smallest absolute Gasteiger partial charge is 0.256 e. The van der Waals surface area contributed by atoms with Gasteiger partial charge in [-0.1, -0.05) is 21.1 Å². The van der Waals surface area contributed by atoms with E-state index in [1.54, 1.807) is 0 Å². The Balaban J connectivity index is 1.86. The molecule has 1 aromatic heterocycles. The Bertz CT molecular complexity index is 503. The van der Waals surface area contributed by atoms with Crippen molar-refractivity contribution in [3.63, 3.8) is 0 Å². The van der Waals surface area contributed by atoms with Gasteiger partial charge in [0.25, 0.3) is 5.89 Å². The van der Waals surface area contributed by atoms with Crippen LogP contribution in [0.25, 0.3) is 11.4 Å². The number of halogens is 1. The van der Waals surface area contributed by atoms with Crippen LogP contribution in [0.15, 0.2) is 33.3 Å². The maximum atomic E-state index is 5.50. The average molecular weight is 295 g/mol. The molecule has 17 heavy (non-hydrogen) atoms. The summed E-state index contributed by atoms with van der Waals surface area (Å²) in [6.07, 6.45) is 1.99. The van der Waals surface area contributed by atoms with Crippen LogP contribution in [-0.4, -0.2) is 16.7 Å². The predicted molar refractivity (Wildman–Crippen MR) is 65.4 cm³/mol. The summed E-state index contributed by atoms with van der Waals surface area (Å²) in [5.41, 5.74) is 0.946. The molecular formula is C12H11BrN2O2. The van der Waals surface area contributed by atoms with Crippen LogP contribution in [0, 0.1) is 0 Å². The van der Waals surface area contributed by atoms with Crippen molar-refractivity contribution in [1.82, 2.24) is 10.1 Å². The lowest BCUT2D eigenvalue weighted by Crippen LogP contribution is -1.95. The Kier molecular flexibility index (Phi) is 2.94. The van der Waals surface area contributed by atoms with Gasteiger partial charge in [-0.05, 0) is 37.1 Å². The maximum Gasteiger partial charge on any atom is 0.256 e. The molecule has 0 unspecified atom stereocenters. The number of aromatic nitrogens is 2. The third-order valence-corrected chi connectivity index (χ3v) is 3.28. The van der Waals surface area contributed by atoms with Gasteiger partial charge in [-0.3, -0.25) is 0 Å². The number of ether oxygens (including phenoxy) is 1. The first-order valence-corrected chi connectivity index (χ1v) is 6.33. The molecule has 0 bridgehead atoms. The summed E-state index contributed by atoms with van der Waals surface area (Å²) >= 11 is 3.39. The molecule has 4 nitrogen and oxygen atoms in total. The van der Waals surface area contributed by atoms with Gasteiger partial charge >= 0.3 is 0 Å². The first kappa shape index (κ1) is 10.9. The lowest BCUT2D eigenvalue weighted by molar-refractivity contribution is 0.0835. The van der Waals surface area contributed by atoms with E-state index in [0.717, 1.165) is 29.5 Å². The molecule has 5 heteroatoms. The first-order chi connectivity index (χ1) is 8.33. The van der Waals surface area contributed by atoms with Gasteiger partial charge in [-0.25, -0.2) is 0 Å². The van der Waals surface area contributed by atoms with Crippen LogP contribution < -0.4 is 0 Å². The lowest BCUT2D eigenvalue weighted by atomic mass is 10.2. The molecule has 1 aliphatic heterocycles. The molecule has 0 N–H and O–H groups in total. The van der Waals surface area contributed by atoms with Crippen LogP contribution in [0.1, 0.15) is 24.8 Å². The van der Waals surface area contributed by atoms with Gasteiger partial charge in [0.05, 0.1) is 0 Å². The molecule has 2 heterocycles.